The van der Waals surface area contributed by atoms with Crippen molar-refractivity contribution in [2.24, 2.45) is 0 Å². The summed E-state index contributed by atoms with van der Waals surface area (Å²) in [5, 5.41) is 25.8. The second-order valence-corrected chi connectivity index (χ2v) is 9.90. The van der Waals surface area contributed by atoms with Crippen LogP contribution in [0.3, 0.4) is 0 Å². The number of thioether (sulfide) groups is 1. The van der Waals surface area contributed by atoms with Crippen LogP contribution < -0.4 is 5.32 Å². The average Bonchev–Trinajstić information content (AvgIpc) is 3.40. The largest absolute Gasteiger partial charge is 0.378 e. The van der Waals surface area contributed by atoms with Gasteiger partial charge in [0.25, 0.3) is 0 Å². The van der Waals surface area contributed by atoms with Crippen molar-refractivity contribution in [3.63, 3.8) is 0 Å². The van der Waals surface area contributed by atoms with Crippen LogP contribution in [0.1, 0.15) is 37.0 Å². The molecule has 0 atom stereocenters. The van der Waals surface area contributed by atoms with Crippen molar-refractivity contribution in [2.75, 3.05) is 11.1 Å². The second kappa shape index (κ2) is 9.74. The molecule has 3 aromatic rings. The van der Waals surface area contributed by atoms with Gasteiger partial charge >= 0.3 is 0 Å². The Kier molecular flexibility index (Phi) is 6.96. The summed E-state index contributed by atoms with van der Waals surface area (Å²) in [5.74, 6) is 5.40. The molecule has 1 aliphatic rings. The highest BCUT2D eigenvalue weighted by Crippen LogP contribution is 2.32. The number of fused-ring (bicyclic) bond motifs is 1. The molecule has 1 aliphatic carbocycles. The minimum Gasteiger partial charge on any atom is -0.378 e. The lowest BCUT2D eigenvalue weighted by Gasteiger charge is -2.10. The minimum atomic E-state index is -1.10. The fourth-order valence-electron chi connectivity index (χ4n) is 3.40. The SMILES string of the molecule is CC(C)(O)C#Cc1ccc(NC(=O)CSc2nnnn2-c2cc3c(cc2Cl)CCC3)c(Cl)c1. The quantitative estimate of drug-likeness (QED) is 0.399. The summed E-state index contributed by atoms with van der Waals surface area (Å²) >= 11 is 14.0. The molecule has 0 unspecified atom stereocenters. The maximum absolute atomic E-state index is 12.5. The van der Waals surface area contributed by atoms with Crippen molar-refractivity contribution in [3.8, 4) is 17.5 Å². The van der Waals surface area contributed by atoms with Gasteiger partial charge in [0.1, 0.15) is 5.60 Å². The number of halogens is 2. The van der Waals surface area contributed by atoms with E-state index in [1.807, 2.05) is 12.1 Å². The smallest absolute Gasteiger partial charge is 0.234 e. The van der Waals surface area contributed by atoms with Crippen LogP contribution >= 0.6 is 35.0 Å². The van der Waals surface area contributed by atoms with Crippen molar-refractivity contribution < 1.29 is 9.90 Å². The molecular weight excluding hydrogens is 481 g/mol. The zero-order valence-corrected chi connectivity index (χ0v) is 20.4. The van der Waals surface area contributed by atoms with Crippen molar-refractivity contribution in [2.45, 2.75) is 43.9 Å². The van der Waals surface area contributed by atoms with E-state index in [2.05, 4.69) is 32.7 Å². The molecule has 33 heavy (non-hydrogen) atoms. The molecule has 0 saturated heterocycles. The Morgan fingerprint density at radius 2 is 1.97 bits per heavy atom. The van der Waals surface area contributed by atoms with Gasteiger partial charge in [0.2, 0.25) is 11.1 Å². The molecule has 2 aromatic carbocycles. The van der Waals surface area contributed by atoms with Gasteiger partial charge in [-0.1, -0.05) is 46.8 Å². The number of carbonyl (C=O) groups is 1. The number of rotatable bonds is 5. The third-order valence-corrected chi connectivity index (χ3v) is 6.45. The van der Waals surface area contributed by atoms with Gasteiger partial charge in [-0.05, 0) is 85.0 Å². The van der Waals surface area contributed by atoms with E-state index in [1.165, 1.54) is 22.9 Å². The normalized spacial score (nSPS) is 12.8. The molecule has 2 N–H and O–H groups in total. The van der Waals surface area contributed by atoms with Gasteiger partial charge in [-0.25, -0.2) is 0 Å². The molecular formula is C23H21Cl2N5O2S. The third-order valence-electron chi connectivity index (χ3n) is 4.92. The predicted molar refractivity (Wildman–Crippen MR) is 130 cm³/mol. The van der Waals surface area contributed by atoms with E-state index in [9.17, 15) is 9.90 Å². The monoisotopic (exact) mass is 501 g/mol. The number of amides is 1. The van der Waals surface area contributed by atoms with E-state index in [0.29, 0.717) is 32.1 Å². The van der Waals surface area contributed by atoms with Crippen LogP contribution in [-0.2, 0) is 17.6 Å². The van der Waals surface area contributed by atoms with E-state index in [4.69, 9.17) is 23.2 Å². The van der Waals surface area contributed by atoms with Gasteiger partial charge in [-0.2, -0.15) is 4.68 Å². The Hall–Kier alpha value is -2.57. The second-order valence-electron chi connectivity index (χ2n) is 8.14. The molecule has 1 heterocycles. The first-order valence-corrected chi connectivity index (χ1v) is 12.0. The minimum absolute atomic E-state index is 0.0829. The van der Waals surface area contributed by atoms with Gasteiger partial charge in [-0.15, -0.1) is 5.10 Å². The van der Waals surface area contributed by atoms with Crippen LogP contribution in [0.5, 0.6) is 0 Å². The number of hydrogen-bond acceptors (Lipinski definition) is 6. The molecule has 7 nitrogen and oxygen atoms in total. The van der Waals surface area contributed by atoms with Crippen molar-refractivity contribution in [3.05, 3.63) is 57.1 Å². The van der Waals surface area contributed by atoms with Crippen molar-refractivity contribution >= 4 is 46.6 Å². The maximum atomic E-state index is 12.5. The van der Waals surface area contributed by atoms with Gasteiger partial charge < -0.3 is 10.4 Å². The summed E-state index contributed by atoms with van der Waals surface area (Å²) in [7, 11) is 0. The lowest BCUT2D eigenvalue weighted by atomic mass is 10.1. The lowest BCUT2D eigenvalue weighted by molar-refractivity contribution is -0.113. The Balaban J connectivity index is 1.42. The van der Waals surface area contributed by atoms with E-state index in [-0.39, 0.29) is 11.7 Å². The zero-order chi connectivity index (χ0) is 23.6. The van der Waals surface area contributed by atoms with Gasteiger partial charge in [-0.3, -0.25) is 4.79 Å². The first-order chi connectivity index (χ1) is 15.7. The van der Waals surface area contributed by atoms with Crippen molar-refractivity contribution in [1.82, 2.24) is 20.2 Å². The Labute approximate surface area is 205 Å². The van der Waals surface area contributed by atoms with Crippen LogP contribution in [0, 0.1) is 11.8 Å². The number of nitrogens with one attached hydrogen (secondary N) is 1. The number of tetrazole rings is 1. The standard InChI is InChI=1S/C23H21Cl2N5O2S/c1-23(2,32)9-8-14-6-7-19(17(24)10-14)26-21(31)13-33-22-27-28-29-30(22)20-12-16-5-3-4-15(16)11-18(20)25/h6-7,10-12,32H,3-5,13H2,1-2H3,(H,26,31). The van der Waals surface area contributed by atoms with Gasteiger partial charge in [0.15, 0.2) is 0 Å². The van der Waals surface area contributed by atoms with Crippen LogP contribution in [0.15, 0.2) is 35.5 Å². The van der Waals surface area contributed by atoms with Crippen LogP contribution in [0.4, 0.5) is 5.69 Å². The number of aromatic nitrogens is 4. The third kappa shape index (κ3) is 5.87. The summed E-state index contributed by atoms with van der Waals surface area (Å²) in [5.41, 5.74) is 3.23. The molecule has 10 heteroatoms. The summed E-state index contributed by atoms with van der Waals surface area (Å²) in [6.45, 7) is 3.20. The van der Waals surface area contributed by atoms with E-state index in [1.54, 1.807) is 36.7 Å². The van der Waals surface area contributed by atoms with E-state index in [0.717, 1.165) is 19.3 Å². The molecule has 0 radical (unpaired) electrons. The lowest BCUT2D eigenvalue weighted by Crippen LogP contribution is -2.15. The van der Waals surface area contributed by atoms with Crippen molar-refractivity contribution in [1.29, 1.82) is 0 Å². The first kappa shape index (κ1) is 23.6. The number of hydrogen-bond donors (Lipinski definition) is 2. The highest BCUT2D eigenvalue weighted by molar-refractivity contribution is 7.99. The number of aliphatic hydroxyl groups is 1. The Morgan fingerprint density at radius 1 is 1.21 bits per heavy atom. The molecule has 1 aromatic heterocycles. The fraction of sp³-hybridized carbons (Fsp3) is 0.304. The van der Waals surface area contributed by atoms with Crippen LogP contribution in [-0.4, -0.2) is 42.6 Å². The summed E-state index contributed by atoms with van der Waals surface area (Å²) in [6.07, 6.45) is 3.15. The molecule has 0 spiro atoms. The molecule has 0 bridgehead atoms. The number of nitrogens with zero attached hydrogens (tertiary/aromatic N) is 4. The zero-order valence-electron chi connectivity index (χ0n) is 18.0. The average molecular weight is 502 g/mol. The van der Waals surface area contributed by atoms with Crippen LogP contribution in [0.2, 0.25) is 10.0 Å². The van der Waals surface area contributed by atoms with E-state index >= 15 is 0 Å². The van der Waals surface area contributed by atoms with Gasteiger partial charge in [0.05, 0.1) is 27.2 Å². The molecule has 4 rings (SSSR count). The molecule has 0 saturated carbocycles. The Bertz CT molecular complexity index is 1270. The highest BCUT2D eigenvalue weighted by Gasteiger charge is 2.19. The highest BCUT2D eigenvalue weighted by atomic mass is 35.5. The topological polar surface area (TPSA) is 92.9 Å². The number of anilines is 1. The molecule has 1 amide bonds. The van der Waals surface area contributed by atoms with Crippen LogP contribution in [0.25, 0.3) is 5.69 Å². The Morgan fingerprint density at radius 3 is 2.70 bits per heavy atom. The molecule has 0 fully saturated rings. The predicted octanol–water partition coefficient (Wildman–Crippen LogP) is 4.31. The number of carbonyl (C=O) groups excluding carboxylic acids is 1. The molecule has 170 valence electrons. The summed E-state index contributed by atoms with van der Waals surface area (Å²) < 4.78 is 1.56. The number of aryl methyl sites for hydroxylation is 2. The van der Waals surface area contributed by atoms with E-state index < -0.39 is 5.60 Å². The first-order valence-electron chi connectivity index (χ1n) is 10.3. The maximum Gasteiger partial charge on any atom is 0.234 e. The van der Waals surface area contributed by atoms with Gasteiger partial charge in [0, 0.05) is 5.56 Å². The fourth-order valence-corrected chi connectivity index (χ4v) is 4.58. The summed E-state index contributed by atoms with van der Waals surface area (Å²) in [6, 6.07) is 9.03. The molecule has 0 aliphatic heterocycles. The number of benzene rings is 2. The summed E-state index contributed by atoms with van der Waals surface area (Å²) in [4.78, 5) is 12.5.